The van der Waals surface area contributed by atoms with E-state index < -0.39 is 5.82 Å². The summed E-state index contributed by atoms with van der Waals surface area (Å²) in [6.45, 7) is 1.20. The van der Waals surface area contributed by atoms with Gasteiger partial charge in [-0.3, -0.25) is 9.48 Å². The van der Waals surface area contributed by atoms with Gasteiger partial charge in [0.15, 0.2) is 18.2 Å². The minimum absolute atomic E-state index is 0.110. The summed E-state index contributed by atoms with van der Waals surface area (Å²) in [7, 11) is 1.89. The largest absolute Gasteiger partial charge is 0.481 e. The lowest BCUT2D eigenvalue weighted by Gasteiger charge is -2.32. The number of halogens is 1. The first kappa shape index (κ1) is 15.5. The molecule has 1 fully saturated rings. The minimum Gasteiger partial charge on any atom is -0.481 e. The summed E-state index contributed by atoms with van der Waals surface area (Å²) in [5.41, 5.74) is 1.01. The Balaban J connectivity index is 1.58. The summed E-state index contributed by atoms with van der Waals surface area (Å²) in [4.78, 5) is 14.1. The Labute approximate surface area is 134 Å². The van der Waals surface area contributed by atoms with Gasteiger partial charge < -0.3 is 9.64 Å². The Morgan fingerprint density at radius 1 is 1.39 bits per heavy atom. The fraction of sp³-hybridized carbons (Fsp3) is 0.412. The molecule has 1 aromatic heterocycles. The predicted molar refractivity (Wildman–Crippen MR) is 83.7 cm³/mol. The number of ether oxygens (including phenoxy) is 1. The predicted octanol–water partition coefficient (Wildman–Crippen LogP) is 2.34. The highest BCUT2D eigenvalue weighted by atomic mass is 19.1. The molecule has 0 aliphatic carbocycles. The lowest BCUT2D eigenvalue weighted by atomic mass is 9.95. The van der Waals surface area contributed by atoms with Gasteiger partial charge in [-0.2, -0.15) is 5.10 Å². The molecule has 3 rings (SSSR count). The molecule has 1 amide bonds. The second kappa shape index (κ2) is 6.81. The molecule has 122 valence electrons. The number of aryl methyl sites for hydroxylation is 1. The van der Waals surface area contributed by atoms with Crippen molar-refractivity contribution in [2.24, 2.45) is 7.05 Å². The molecule has 0 spiro atoms. The van der Waals surface area contributed by atoms with E-state index in [0.717, 1.165) is 18.5 Å². The van der Waals surface area contributed by atoms with E-state index in [9.17, 15) is 9.18 Å². The summed E-state index contributed by atoms with van der Waals surface area (Å²) in [6.07, 6.45) is 3.87. The quantitative estimate of drug-likeness (QED) is 0.869. The van der Waals surface area contributed by atoms with Crippen LogP contribution in [0, 0.1) is 5.82 Å². The number of aromatic nitrogens is 2. The van der Waals surface area contributed by atoms with Crippen molar-refractivity contribution in [2.45, 2.75) is 18.8 Å². The summed E-state index contributed by atoms with van der Waals surface area (Å²) < 4.78 is 20.6. The number of rotatable bonds is 4. The number of likely N-dealkylation sites (tertiary alicyclic amines) is 1. The Morgan fingerprint density at radius 2 is 2.22 bits per heavy atom. The second-order valence-corrected chi connectivity index (χ2v) is 5.81. The van der Waals surface area contributed by atoms with Gasteiger partial charge in [0.2, 0.25) is 0 Å². The maximum Gasteiger partial charge on any atom is 0.260 e. The lowest BCUT2D eigenvalue weighted by Crippen LogP contribution is -2.41. The summed E-state index contributed by atoms with van der Waals surface area (Å²) in [6, 6.07) is 8.11. The molecule has 2 aromatic rings. The molecule has 1 atom stereocenters. The van der Waals surface area contributed by atoms with E-state index in [1.165, 1.54) is 12.1 Å². The average Bonchev–Trinajstić information content (AvgIpc) is 3.00. The molecule has 6 heteroatoms. The molecule has 23 heavy (non-hydrogen) atoms. The second-order valence-electron chi connectivity index (χ2n) is 5.81. The van der Waals surface area contributed by atoms with Crippen LogP contribution in [0.15, 0.2) is 36.5 Å². The van der Waals surface area contributed by atoms with Crippen LogP contribution >= 0.6 is 0 Å². The maximum atomic E-state index is 13.5. The lowest BCUT2D eigenvalue weighted by molar-refractivity contribution is -0.134. The minimum atomic E-state index is -0.453. The number of carbonyl (C=O) groups is 1. The van der Waals surface area contributed by atoms with Crippen molar-refractivity contribution in [2.75, 3.05) is 19.7 Å². The molecule has 0 radical (unpaired) electrons. The van der Waals surface area contributed by atoms with E-state index in [2.05, 4.69) is 5.10 Å². The Bertz CT molecular complexity index is 686. The number of hydrogen-bond acceptors (Lipinski definition) is 3. The standard InChI is InChI=1S/C17H20FN3O2/c1-20-10-8-15(19-20)13-5-4-9-21(11-13)17(22)12-23-16-7-3-2-6-14(16)18/h2-3,6-8,10,13H,4-5,9,11-12H2,1H3/t13-/m1/s1. The molecular weight excluding hydrogens is 297 g/mol. The topological polar surface area (TPSA) is 47.4 Å². The van der Waals surface area contributed by atoms with Crippen molar-refractivity contribution >= 4 is 5.91 Å². The normalized spacial score (nSPS) is 18.0. The zero-order valence-electron chi connectivity index (χ0n) is 13.1. The van der Waals surface area contributed by atoms with E-state index in [4.69, 9.17) is 4.74 Å². The van der Waals surface area contributed by atoms with Crippen LogP contribution in [0.5, 0.6) is 5.75 Å². The third-order valence-corrected chi connectivity index (χ3v) is 4.11. The highest BCUT2D eigenvalue weighted by Crippen LogP contribution is 2.25. The van der Waals surface area contributed by atoms with Gasteiger partial charge in [-0.25, -0.2) is 4.39 Å². The molecule has 0 bridgehead atoms. The number of hydrogen-bond donors (Lipinski definition) is 0. The van der Waals surface area contributed by atoms with E-state index in [1.807, 2.05) is 19.3 Å². The zero-order valence-corrected chi connectivity index (χ0v) is 13.1. The molecule has 5 nitrogen and oxygen atoms in total. The first-order valence-corrected chi connectivity index (χ1v) is 7.78. The van der Waals surface area contributed by atoms with Gasteiger partial charge in [0.25, 0.3) is 5.91 Å². The number of para-hydroxylation sites is 1. The van der Waals surface area contributed by atoms with Gasteiger partial charge in [-0.15, -0.1) is 0 Å². The molecule has 0 N–H and O–H groups in total. The van der Waals surface area contributed by atoms with Crippen LogP contribution in [0.2, 0.25) is 0 Å². The third kappa shape index (κ3) is 3.70. The molecule has 0 saturated carbocycles. The van der Waals surface area contributed by atoms with E-state index >= 15 is 0 Å². The first-order chi connectivity index (χ1) is 11.1. The molecule has 0 unspecified atom stereocenters. The summed E-state index contributed by atoms with van der Waals surface area (Å²) in [5, 5.41) is 4.43. The van der Waals surface area contributed by atoms with Crippen LogP contribution in [0.25, 0.3) is 0 Å². The highest BCUT2D eigenvalue weighted by molar-refractivity contribution is 5.78. The summed E-state index contributed by atoms with van der Waals surface area (Å²) in [5.74, 6) is -0.208. The molecular formula is C17H20FN3O2. The van der Waals surface area contributed by atoms with Crippen LogP contribution < -0.4 is 4.74 Å². The number of benzene rings is 1. The van der Waals surface area contributed by atoms with Crippen LogP contribution in [0.1, 0.15) is 24.5 Å². The molecule has 1 aliphatic heterocycles. The first-order valence-electron chi connectivity index (χ1n) is 7.78. The Kier molecular flexibility index (Phi) is 4.60. The maximum absolute atomic E-state index is 13.5. The average molecular weight is 317 g/mol. The van der Waals surface area contributed by atoms with Crippen LogP contribution in [0.4, 0.5) is 4.39 Å². The van der Waals surface area contributed by atoms with Gasteiger partial charge in [0.1, 0.15) is 0 Å². The van der Waals surface area contributed by atoms with E-state index in [1.54, 1.807) is 21.7 Å². The van der Waals surface area contributed by atoms with Gasteiger partial charge >= 0.3 is 0 Å². The van der Waals surface area contributed by atoms with Crippen molar-refractivity contribution in [1.82, 2.24) is 14.7 Å². The van der Waals surface area contributed by atoms with Gasteiger partial charge in [0.05, 0.1) is 5.69 Å². The van der Waals surface area contributed by atoms with Crippen molar-refractivity contribution in [1.29, 1.82) is 0 Å². The van der Waals surface area contributed by atoms with Gasteiger partial charge in [-0.05, 0) is 31.0 Å². The van der Waals surface area contributed by atoms with Crippen molar-refractivity contribution in [3.8, 4) is 5.75 Å². The molecule has 1 saturated heterocycles. The van der Waals surface area contributed by atoms with E-state index in [-0.39, 0.29) is 24.2 Å². The monoisotopic (exact) mass is 317 g/mol. The smallest absolute Gasteiger partial charge is 0.260 e. The molecule has 1 aliphatic rings. The Hall–Kier alpha value is -2.37. The zero-order chi connectivity index (χ0) is 16.2. The fourth-order valence-electron chi connectivity index (χ4n) is 2.89. The number of nitrogens with zero attached hydrogens (tertiary/aromatic N) is 3. The van der Waals surface area contributed by atoms with E-state index in [0.29, 0.717) is 13.1 Å². The van der Waals surface area contributed by atoms with Crippen molar-refractivity contribution < 1.29 is 13.9 Å². The van der Waals surface area contributed by atoms with Crippen LogP contribution in [-0.4, -0.2) is 40.3 Å². The van der Waals surface area contributed by atoms with Crippen LogP contribution in [0.3, 0.4) is 0 Å². The third-order valence-electron chi connectivity index (χ3n) is 4.11. The Morgan fingerprint density at radius 3 is 2.96 bits per heavy atom. The number of amides is 1. The molecule has 2 heterocycles. The molecule has 1 aromatic carbocycles. The fourth-order valence-corrected chi connectivity index (χ4v) is 2.89. The van der Waals surface area contributed by atoms with Gasteiger partial charge in [0, 0.05) is 32.3 Å². The van der Waals surface area contributed by atoms with Crippen molar-refractivity contribution in [3.63, 3.8) is 0 Å². The SMILES string of the molecule is Cn1ccc([C@@H]2CCCN(C(=O)COc3ccccc3F)C2)n1. The summed E-state index contributed by atoms with van der Waals surface area (Å²) >= 11 is 0. The number of piperidine rings is 1. The van der Waals surface area contributed by atoms with Crippen molar-refractivity contribution in [3.05, 3.63) is 48.0 Å². The van der Waals surface area contributed by atoms with Crippen LogP contribution in [-0.2, 0) is 11.8 Å². The van der Waals surface area contributed by atoms with Gasteiger partial charge in [-0.1, -0.05) is 12.1 Å². The highest BCUT2D eigenvalue weighted by Gasteiger charge is 2.26. The number of carbonyl (C=O) groups excluding carboxylic acids is 1.